The summed E-state index contributed by atoms with van der Waals surface area (Å²) in [6.07, 6.45) is 2.23. The number of benzene rings is 1. The summed E-state index contributed by atoms with van der Waals surface area (Å²) in [5.41, 5.74) is 1.08. The first-order valence-electron chi connectivity index (χ1n) is 10.5. The van der Waals surface area contributed by atoms with Gasteiger partial charge in [-0.15, -0.1) is 11.3 Å². The second-order valence-corrected chi connectivity index (χ2v) is 9.12. The Morgan fingerprint density at radius 2 is 1.83 bits per heavy atom. The van der Waals surface area contributed by atoms with Crippen molar-refractivity contribution in [3.63, 3.8) is 0 Å². The molecule has 4 rings (SSSR count). The molecule has 0 radical (unpaired) electrons. The van der Waals surface area contributed by atoms with Crippen molar-refractivity contribution in [2.75, 3.05) is 19.6 Å². The molecular formula is C23H27N3O3S. The lowest BCUT2D eigenvalue weighted by atomic mass is 10.0. The van der Waals surface area contributed by atoms with Crippen molar-refractivity contribution < 1.29 is 14.4 Å². The van der Waals surface area contributed by atoms with Gasteiger partial charge in [0.15, 0.2) is 0 Å². The molecule has 1 aromatic heterocycles. The number of nitrogens with one attached hydrogen (secondary N) is 1. The number of nitrogens with zero attached hydrogens (tertiary/aromatic N) is 2. The number of carbonyl (C=O) groups is 3. The van der Waals surface area contributed by atoms with Gasteiger partial charge in [-0.2, -0.15) is 0 Å². The van der Waals surface area contributed by atoms with Crippen molar-refractivity contribution >= 4 is 29.1 Å². The highest BCUT2D eigenvalue weighted by atomic mass is 32.1. The van der Waals surface area contributed by atoms with E-state index in [0.29, 0.717) is 39.0 Å². The lowest BCUT2D eigenvalue weighted by molar-refractivity contribution is -0.137. The smallest absolute Gasteiger partial charge is 0.227 e. The van der Waals surface area contributed by atoms with Crippen molar-refractivity contribution in [1.82, 2.24) is 15.1 Å². The van der Waals surface area contributed by atoms with Crippen LogP contribution in [0, 0.1) is 5.92 Å². The molecule has 0 spiro atoms. The van der Waals surface area contributed by atoms with E-state index in [1.165, 1.54) is 0 Å². The Balaban J connectivity index is 1.23. The summed E-state index contributed by atoms with van der Waals surface area (Å²) in [6, 6.07) is 13.9. The Kier molecular flexibility index (Phi) is 6.47. The SMILES string of the molecule is O=C(Cc1cccs1)NC1CCN(C(=O)C2CC(=O)N(Cc3ccccc3)C2)CC1. The average Bonchev–Trinajstić information content (AvgIpc) is 3.39. The number of amides is 3. The maximum Gasteiger partial charge on any atom is 0.227 e. The number of carbonyl (C=O) groups excluding carboxylic acids is 3. The monoisotopic (exact) mass is 425 g/mol. The molecule has 6 nitrogen and oxygen atoms in total. The van der Waals surface area contributed by atoms with E-state index in [9.17, 15) is 14.4 Å². The lowest BCUT2D eigenvalue weighted by Gasteiger charge is -2.33. The highest BCUT2D eigenvalue weighted by molar-refractivity contribution is 7.10. The van der Waals surface area contributed by atoms with Gasteiger partial charge in [0.1, 0.15) is 0 Å². The summed E-state index contributed by atoms with van der Waals surface area (Å²) >= 11 is 1.59. The minimum Gasteiger partial charge on any atom is -0.353 e. The Morgan fingerprint density at radius 1 is 1.07 bits per heavy atom. The van der Waals surface area contributed by atoms with Crippen LogP contribution < -0.4 is 5.32 Å². The summed E-state index contributed by atoms with van der Waals surface area (Å²) in [5, 5.41) is 5.07. The number of rotatable bonds is 6. The summed E-state index contributed by atoms with van der Waals surface area (Å²) in [4.78, 5) is 42.2. The second kappa shape index (κ2) is 9.43. The molecule has 0 aliphatic carbocycles. The van der Waals surface area contributed by atoms with Crippen LogP contribution in [-0.4, -0.2) is 53.2 Å². The molecule has 3 heterocycles. The third kappa shape index (κ3) is 5.08. The highest BCUT2D eigenvalue weighted by Crippen LogP contribution is 2.24. The van der Waals surface area contributed by atoms with Gasteiger partial charge in [-0.05, 0) is 29.9 Å². The summed E-state index contributed by atoms with van der Waals surface area (Å²) in [6.45, 7) is 2.31. The molecule has 158 valence electrons. The van der Waals surface area contributed by atoms with Crippen molar-refractivity contribution in [3.05, 3.63) is 58.3 Å². The standard InChI is InChI=1S/C23H27N3O3S/c27-21(14-20-7-4-12-30-20)24-19-8-10-25(11-9-19)23(29)18-13-22(28)26(16-18)15-17-5-2-1-3-6-17/h1-7,12,18-19H,8-11,13-16H2,(H,24,27). The molecule has 1 N–H and O–H groups in total. The summed E-state index contributed by atoms with van der Waals surface area (Å²) < 4.78 is 0. The third-order valence-corrected chi connectivity index (χ3v) is 6.74. The molecule has 1 atom stereocenters. The first kappa shape index (κ1) is 20.6. The van der Waals surface area contributed by atoms with Crippen LogP contribution in [0.1, 0.15) is 29.7 Å². The van der Waals surface area contributed by atoms with Gasteiger partial charge in [0, 0.05) is 43.5 Å². The minimum absolute atomic E-state index is 0.0418. The molecule has 2 aliphatic heterocycles. The molecule has 1 aromatic carbocycles. The fourth-order valence-corrected chi connectivity index (χ4v) is 4.95. The van der Waals surface area contributed by atoms with Crippen molar-refractivity contribution in [3.8, 4) is 0 Å². The van der Waals surface area contributed by atoms with Gasteiger partial charge in [0.2, 0.25) is 17.7 Å². The lowest BCUT2D eigenvalue weighted by Crippen LogP contribution is -2.48. The van der Waals surface area contributed by atoms with Gasteiger partial charge in [-0.25, -0.2) is 0 Å². The van der Waals surface area contributed by atoms with E-state index < -0.39 is 0 Å². The fraction of sp³-hybridized carbons (Fsp3) is 0.435. The minimum atomic E-state index is -0.258. The molecule has 3 amide bonds. The summed E-state index contributed by atoms with van der Waals surface area (Å²) in [5.74, 6) is -0.0958. The summed E-state index contributed by atoms with van der Waals surface area (Å²) in [7, 11) is 0. The molecule has 0 bridgehead atoms. The normalized spacial score (nSPS) is 19.9. The molecular weight excluding hydrogens is 398 g/mol. The van der Waals surface area contributed by atoms with Gasteiger partial charge in [-0.1, -0.05) is 36.4 Å². The van der Waals surface area contributed by atoms with Crippen LogP contribution in [0.2, 0.25) is 0 Å². The van der Waals surface area contributed by atoms with Crippen LogP contribution in [0.5, 0.6) is 0 Å². The first-order chi connectivity index (χ1) is 14.6. The number of piperidine rings is 1. The van der Waals surface area contributed by atoms with Gasteiger partial charge in [-0.3, -0.25) is 14.4 Å². The number of thiophene rings is 1. The van der Waals surface area contributed by atoms with Crippen molar-refractivity contribution in [2.24, 2.45) is 5.92 Å². The second-order valence-electron chi connectivity index (χ2n) is 8.08. The number of likely N-dealkylation sites (tertiary alicyclic amines) is 2. The van der Waals surface area contributed by atoms with Gasteiger partial charge in [0.25, 0.3) is 0 Å². The molecule has 2 aromatic rings. The predicted octanol–water partition coefficient (Wildman–Crippen LogP) is 2.45. The predicted molar refractivity (Wildman–Crippen MR) is 116 cm³/mol. The Bertz CT molecular complexity index is 876. The van der Waals surface area contributed by atoms with Crippen LogP contribution in [-0.2, 0) is 27.3 Å². The van der Waals surface area contributed by atoms with Crippen LogP contribution in [0.25, 0.3) is 0 Å². The molecule has 30 heavy (non-hydrogen) atoms. The van der Waals surface area contributed by atoms with E-state index in [4.69, 9.17) is 0 Å². The molecule has 2 aliphatic rings. The maximum absolute atomic E-state index is 12.9. The van der Waals surface area contributed by atoms with Crippen LogP contribution in [0.15, 0.2) is 47.8 Å². The number of hydrogen-bond donors (Lipinski definition) is 1. The zero-order valence-corrected chi connectivity index (χ0v) is 17.8. The average molecular weight is 426 g/mol. The van der Waals surface area contributed by atoms with E-state index in [-0.39, 0.29) is 29.7 Å². The third-order valence-electron chi connectivity index (χ3n) is 5.87. The van der Waals surface area contributed by atoms with Crippen molar-refractivity contribution in [1.29, 1.82) is 0 Å². The zero-order valence-electron chi connectivity index (χ0n) is 17.0. The van der Waals surface area contributed by atoms with Crippen LogP contribution in [0.3, 0.4) is 0 Å². The van der Waals surface area contributed by atoms with Crippen molar-refractivity contribution in [2.45, 2.75) is 38.3 Å². The van der Waals surface area contributed by atoms with E-state index in [0.717, 1.165) is 23.3 Å². The Morgan fingerprint density at radius 3 is 2.53 bits per heavy atom. The Labute approximate surface area is 180 Å². The zero-order chi connectivity index (χ0) is 20.9. The maximum atomic E-state index is 12.9. The van der Waals surface area contributed by atoms with E-state index >= 15 is 0 Å². The molecule has 0 saturated carbocycles. The van der Waals surface area contributed by atoms with E-state index in [1.54, 1.807) is 16.2 Å². The molecule has 7 heteroatoms. The largest absolute Gasteiger partial charge is 0.353 e. The highest BCUT2D eigenvalue weighted by Gasteiger charge is 2.37. The Hall–Kier alpha value is -2.67. The van der Waals surface area contributed by atoms with Crippen LogP contribution in [0.4, 0.5) is 0 Å². The molecule has 2 saturated heterocycles. The topological polar surface area (TPSA) is 69.7 Å². The van der Waals surface area contributed by atoms with Gasteiger partial charge >= 0.3 is 0 Å². The van der Waals surface area contributed by atoms with Crippen LogP contribution >= 0.6 is 11.3 Å². The molecule has 2 fully saturated rings. The van der Waals surface area contributed by atoms with Gasteiger partial charge in [0.05, 0.1) is 12.3 Å². The van der Waals surface area contributed by atoms with E-state index in [2.05, 4.69) is 5.32 Å². The quantitative estimate of drug-likeness (QED) is 0.773. The van der Waals surface area contributed by atoms with Gasteiger partial charge < -0.3 is 15.1 Å². The number of hydrogen-bond acceptors (Lipinski definition) is 4. The first-order valence-corrected chi connectivity index (χ1v) is 11.4. The fourth-order valence-electron chi connectivity index (χ4n) is 4.25. The molecule has 1 unspecified atom stereocenters. The van der Waals surface area contributed by atoms with E-state index in [1.807, 2.05) is 52.7 Å².